The zero-order valence-electron chi connectivity index (χ0n) is 16.6. The molecule has 1 atom stereocenters. The molecule has 3 N–H and O–H groups in total. The molecule has 0 aliphatic rings. The van der Waals surface area contributed by atoms with Crippen LogP contribution in [0, 0.1) is 5.82 Å². The first kappa shape index (κ1) is 23.3. The molecule has 31 heavy (non-hydrogen) atoms. The lowest BCUT2D eigenvalue weighted by molar-refractivity contribution is 0.208. The van der Waals surface area contributed by atoms with Crippen LogP contribution in [0.25, 0.3) is 0 Å². The van der Waals surface area contributed by atoms with Gasteiger partial charge in [0.1, 0.15) is 17.5 Å². The van der Waals surface area contributed by atoms with Crippen LogP contribution in [0.15, 0.2) is 47.0 Å². The number of halogens is 2. The summed E-state index contributed by atoms with van der Waals surface area (Å²) >= 11 is 6.92. The molecule has 0 bridgehead atoms. The summed E-state index contributed by atoms with van der Waals surface area (Å²) in [4.78, 5) is 12.4. The van der Waals surface area contributed by atoms with Crippen LogP contribution in [0.1, 0.15) is 12.5 Å². The van der Waals surface area contributed by atoms with E-state index in [0.29, 0.717) is 11.4 Å². The second-order valence-corrected chi connectivity index (χ2v) is 9.61. The Balaban J connectivity index is 1.86. The average molecular weight is 487 g/mol. The van der Waals surface area contributed by atoms with E-state index in [4.69, 9.17) is 11.6 Å². The third-order valence-corrected chi connectivity index (χ3v) is 6.30. The molecule has 0 saturated heterocycles. The van der Waals surface area contributed by atoms with Crippen molar-refractivity contribution in [3.63, 3.8) is 0 Å². The number of rotatable bonds is 9. The van der Waals surface area contributed by atoms with Gasteiger partial charge >= 0.3 is 0 Å². The van der Waals surface area contributed by atoms with Crippen molar-refractivity contribution in [1.29, 1.82) is 0 Å². The largest absolute Gasteiger partial charge is 0.392 e. The van der Waals surface area contributed by atoms with Gasteiger partial charge in [0.15, 0.2) is 10.2 Å². The summed E-state index contributed by atoms with van der Waals surface area (Å²) in [6.07, 6.45) is 2.07. The molecule has 13 heteroatoms. The van der Waals surface area contributed by atoms with Crippen LogP contribution < -0.4 is 10.0 Å². The van der Waals surface area contributed by atoms with Crippen LogP contribution >= 0.6 is 23.4 Å². The van der Waals surface area contributed by atoms with E-state index in [2.05, 4.69) is 25.0 Å². The number of aliphatic hydroxyl groups excluding tert-OH is 1. The number of anilines is 2. The van der Waals surface area contributed by atoms with Gasteiger partial charge < -0.3 is 15.0 Å². The van der Waals surface area contributed by atoms with Gasteiger partial charge in [0.25, 0.3) is 10.0 Å². The van der Waals surface area contributed by atoms with Gasteiger partial charge in [-0.05, 0) is 18.6 Å². The van der Waals surface area contributed by atoms with Crippen molar-refractivity contribution < 1.29 is 17.9 Å². The number of hydrogen-bond acceptors (Lipinski definition) is 8. The summed E-state index contributed by atoms with van der Waals surface area (Å²) in [5.74, 6) is -0.0544. The Hall–Kier alpha value is -2.41. The number of aryl methyl sites for hydroxylation is 1. The zero-order chi connectivity index (χ0) is 22.6. The van der Waals surface area contributed by atoms with E-state index in [1.165, 1.54) is 29.2 Å². The number of imidazole rings is 1. The third kappa shape index (κ3) is 6.29. The SMILES string of the molecule is C[C@@H](O)CNc1cc(NS(=O)(=O)c2cn(C)cn2)nc(SCc2cccc(Cl)c2F)n1. The zero-order valence-corrected chi connectivity index (χ0v) is 19.0. The van der Waals surface area contributed by atoms with E-state index >= 15 is 0 Å². The predicted octanol–water partition coefficient (Wildman–Crippen LogP) is 2.89. The number of benzene rings is 1. The van der Waals surface area contributed by atoms with E-state index in [1.54, 1.807) is 26.1 Å². The van der Waals surface area contributed by atoms with Crippen LogP contribution in [0.5, 0.6) is 0 Å². The Morgan fingerprint density at radius 2 is 2.06 bits per heavy atom. The van der Waals surface area contributed by atoms with Gasteiger partial charge in [-0.25, -0.2) is 19.3 Å². The molecule has 2 aromatic heterocycles. The van der Waals surface area contributed by atoms with E-state index in [0.717, 1.165) is 11.8 Å². The van der Waals surface area contributed by atoms with E-state index in [-0.39, 0.29) is 33.3 Å². The first-order valence-electron chi connectivity index (χ1n) is 9.01. The van der Waals surface area contributed by atoms with Crippen molar-refractivity contribution in [3.05, 3.63) is 53.2 Å². The molecule has 0 spiro atoms. The van der Waals surface area contributed by atoms with Crippen LogP contribution in [0.2, 0.25) is 5.02 Å². The van der Waals surface area contributed by atoms with Crippen molar-refractivity contribution in [3.8, 4) is 0 Å². The Kier molecular flexibility index (Phi) is 7.36. The molecule has 3 aromatic rings. The minimum atomic E-state index is -3.97. The fraction of sp³-hybridized carbons (Fsp3) is 0.278. The molecule has 0 aliphatic carbocycles. The van der Waals surface area contributed by atoms with Gasteiger partial charge in [-0.15, -0.1) is 0 Å². The second kappa shape index (κ2) is 9.81. The lowest BCUT2D eigenvalue weighted by atomic mass is 10.2. The normalized spacial score (nSPS) is 12.5. The minimum Gasteiger partial charge on any atom is -0.392 e. The van der Waals surface area contributed by atoms with Gasteiger partial charge in [0.05, 0.1) is 17.5 Å². The molecule has 0 fully saturated rings. The summed E-state index contributed by atoms with van der Waals surface area (Å²) in [6, 6.07) is 6.07. The molecule has 1 aromatic carbocycles. The third-order valence-electron chi connectivity index (χ3n) is 3.87. The maximum absolute atomic E-state index is 14.2. The molecule has 0 aliphatic heterocycles. The van der Waals surface area contributed by atoms with Gasteiger partial charge in [-0.1, -0.05) is 35.5 Å². The fourth-order valence-electron chi connectivity index (χ4n) is 2.40. The molecular formula is C18H20ClFN6O3S2. The molecule has 0 amide bonds. The van der Waals surface area contributed by atoms with Crippen molar-refractivity contribution in [2.45, 2.75) is 29.0 Å². The van der Waals surface area contributed by atoms with Gasteiger partial charge in [-0.3, -0.25) is 4.72 Å². The number of sulfonamides is 1. The van der Waals surface area contributed by atoms with Crippen molar-refractivity contribution >= 4 is 45.0 Å². The lowest BCUT2D eigenvalue weighted by Gasteiger charge is -2.12. The minimum absolute atomic E-state index is 0.00260. The number of aliphatic hydroxyl groups is 1. The summed E-state index contributed by atoms with van der Waals surface area (Å²) in [5.41, 5.74) is 0.360. The molecule has 166 valence electrons. The molecule has 2 heterocycles. The molecule has 3 rings (SSSR count). The standard InChI is InChI=1S/C18H20ClFN6O3S2/c1-11(27)7-21-14-6-15(25-31(28,29)16-8-26(2)10-22-16)24-18(23-14)30-9-12-4-3-5-13(19)17(12)20/h3-6,8,10-11,27H,7,9H2,1-2H3,(H2,21,23,24,25)/t11-/m1/s1. The first-order chi connectivity index (χ1) is 14.6. The van der Waals surface area contributed by atoms with Gasteiger partial charge in [0, 0.05) is 31.6 Å². The van der Waals surface area contributed by atoms with Crippen molar-refractivity contribution in [2.24, 2.45) is 7.05 Å². The van der Waals surface area contributed by atoms with E-state index < -0.39 is 21.9 Å². The summed E-state index contributed by atoms with van der Waals surface area (Å²) < 4.78 is 43.2. The van der Waals surface area contributed by atoms with Gasteiger partial charge in [0.2, 0.25) is 0 Å². The molecule has 0 saturated carbocycles. The molecule has 9 nitrogen and oxygen atoms in total. The van der Waals surface area contributed by atoms with Crippen molar-refractivity contribution in [2.75, 3.05) is 16.6 Å². The van der Waals surface area contributed by atoms with Crippen LogP contribution in [-0.4, -0.2) is 45.7 Å². The molecular weight excluding hydrogens is 467 g/mol. The Labute approximate surface area is 188 Å². The van der Waals surface area contributed by atoms with Crippen molar-refractivity contribution in [1.82, 2.24) is 19.5 Å². The predicted molar refractivity (Wildman–Crippen MR) is 117 cm³/mol. The first-order valence-corrected chi connectivity index (χ1v) is 11.9. The highest BCUT2D eigenvalue weighted by atomic mass is 35.5. The average Bonchev–Trinajstić information content (AvgIpc) is 3.14. The monoisotopic (exact) mass is 486 g/mol. The fourth-order valence-corrected chi connectivity index (χ4v) is 4.41. The Morgan fingerprint density at radius 1 is 1.32 bits per heavy atom. The maximum Gasteiger partial charge on any atom is 0.282 e. The Morgan fingerprint density at radius 3 is 2.74 bits per heavy atom. The summed E-state index contributed by atoms with van der Waals surface area (Å²) in [6.45, 7) is 1.78. The maximum atomic E-state index is 14.2. The van der Waals surface area contributed by atoms with E-state index in [1.807, 2.05) is 0 Å². The number of aromatic nitrogens is 4. The topological polar surface area (TPSA) is 122 Å². The highest BCUT2D eigenvalue weighted by molar-refractivity contribution is 7.98. The number of thioether (sulfide) groups is 1. The highest BCUT2D eigenvalue weighted by Gasteiger charge is 2.19. The Bertz CT molecular complexity index is 1170. The number of nitrogens with one attached hydrogen (secondary N) is 2. The molecule has 0 radical (unpaired) electrons. The summed E-state index contributed by atoms with van der Waals surface area (Å²) in [7, 11) is -2.32. The lowest BCUT2D eigenvalue weighted by Crippen LogP contribution is -2.18. The number of hydrogen-bond donors (Lipinski definition) is 3. The van der Waals surface area contributed by atoms with Gasteiger partial charge in [-0.2, -0.15) is 8.42 Å². The summed E-state index contributed by atoms with van der Waals surface area (Å²) in [5, 5.41) is 12.5. The highest BCUT2D eigenvalue weighted by Crippen LogP contribution is 2.27. The van der Waals surface area contributed by atoms with Crippen LogP contribution in [0.4, 0.5) is 16.0 Å². The van der Waals surface area contributed by atoms with E-state index in [9.17, 15) is 17.9 Å². The van der Waals surface area contributed by atoms with Crippen LogP contribution in [0.3, 0.4) is 0 Å². The quantitative estimate of drug-likeness (QED) is 0.312. The smallest absolute Gasteiger partial charge is 0.282 e. The number of nitrogens with zero attached hydrogens (tertiary/aromatic N) is 4. The second-order valence-electron chi connectivity index (χ2n) is 6.64. The van der Waals surface area contributed by atoms with Crippen LogP contribution in [-0.2, 0) is 22.8 Å². The molecule has 0 unspecified atom stereocenters.